The third-order valence-electron chi connectivity index (χ3n) is 3.96. The number of hydrogen-bond acceptors (Lipinski definition) is 5. The molecule has 22 heavy (non-hydrogen) atoms. The number of esters is 1. The molecular formula is C16H23ClN2O3. The van der Waals surface area contributed by atoms with Gasteiger partial charge in [-0.15, -0.1) is 0 Å². The van der Waals surface area contributed by atoms with Crippen molar-refractivity contribution in [3.8, 4) is 0 Å². The van der Waals surface area contributed by atoms with Crippen LogP contribution in [0.2, 0.25) is 5.02 Å². The van der Waals surface area contributed by atoms with Crippen molar-refractivity contribution in [2.45, 2.75) is 12.5 Å². The van der Waals surface area contributed by atoms with Crippen molar-refractivity contribution in [1.82, 2.24) is 9.80 Å². The summed E-state index contributed by atoms with van der Waals surface area (Å²) in [6.45, 7) is 4.27. The van der Waals surface area contributed by atoms with E-state index in [9.17, 15) is 9.90 Å². The lowest BCUT2D eigenvalue weighted by molar-refractivity contribution is -0.141. The first-order valence-electron chi connectivity index (χ1n) is 7.54. The highest BCUT2D eigenvalue weighted by Gasteiger charge is 2.20. The van der Waals surface area contributed by atoms with E-state index in [1.54, 1.807) is 6.07 Å². The molecule has 1 N–H and O–H groups in total. The number of aliphatic hydroxyl groups excluding tert-OH is 1. The van der Waals surface area contributed by atoms with E-state index in [4.69, 9.17) is 16.3 Å². The number of hydrogen-bond donors (Lipinski definition) is 1. The minimum atomic E-state index is -0.596. The monoisotopic (exact) mass is 326 g/mol. The lowest BCUT2D eigenvalue weighted by Crippen LogP contribution is -2.35. The van der Waals surface area contributed by atoms with Gasteiger partial charge in [-0.2, -0.15) is 0 Å². The normalized spacial score (nSPS) is 18.7. The smallest absolute Gasteiger partial charge is 0.319 e. The Morgan fingerprint density at radius 2 is 1.95 bits per heavy atom. The molecule has 0 radical (unpaired) electrons. The molecule has 6 heteroatoms. The first-order chi connectivity index (χ1) is 10.6. The van der Waals surface area contributed by atoms with Gasteiger partial charge in [0.2, 0.25) is 0 Å². The summed E-state index contributed by atoms with van der Waals surface area (Å²) in [5, 5.41) is 11.0. The van der Waals surface area contributed by atoms with Gasteiger partial charge in [-0.3, -0.25) is 14.6 Å². The van der Waals surface area contributed by atoms with Crippen LogP contribution in [0.5, 0.6) is 0 Å². The van der Waals surface area contributed by atoms with Crippen LogP contribution in [0.1, 0.15) is 18.1 Å². The van der Waals surface area contributed by atoms with E-state index in [0.29, 0.717) is 18.1 Å². The number of β-amino-alcohol motifs (C(OH)–C–C–N with tert-alkyl or cyclic N) is 1. The molecule has 1 atom stereocenters. The molecule has 1 aliphatic rings. The predicted octanol–water partition coefficient (Wildman–Crippen LogP) is 1.55. The van der Waals surface area contributed by atoms with Crippen molar-refractivity contribution in [3.05, 3.63) is 34.9 Å². The van der Waals surface area contributed by atoms with Crippen LogP contribution >= 0.6 is 11.6 Å². The van der Waals surface area contributed by atoms with E-state index in [1.807, 2.05) is 18.2 Å². The zero-order chi connectivity index (χ0) is 15.9. The fourth-order valence-corrected chi connectivity index (χ4v) is 2.96. The second kappa shape index (κ2) is 8.48. The minimum Gasteiger partial charge on any atom is -0.468 e. The zero-order valence-electron chi connectivity index (χ0n) is 12.9. The van der Waals surface area contributed by atoms with Gasteiger partial charge in [-0.1, -0.05) is 29.8 Å². The van der Waals surface area contributed by atoms with Crippen LogP contribution in [0.15, 0.2) is 24.3 Å². The molecule has 1 unspecified atom stereocenters. The SMILES string of the molecule is COC(=O)CN1CCCN(CC(O)c2ccccc2Cl)CC1. The first kappa shape index (κ1) is 17.2. The highest BCUT2D eigenvalue weighted by atomic mass is 35.5. The maximum absolute atomic E-state index is 11.3. The topological polar surface area (TPSA) is 53.0 Å². The number of ether oxygens (including phenoxy) is 1. The molecule has 122 valence electrons. The van der Waals surface area contributed by atoms with Gasteiger partial charge in [-0.05, 0) is 19.0 Å². The largest absolute Gasteiger partial charge is 0.468 e. The fraction of sp³-hybridized carbons (Fsp3) is 0.562. The lowest BCUT2D eigenvalue weighted by atomic mass is 10.1. The van der Waals surface area contributed by atoms with E-state index >= 15 is 0 Å². The van der Waals surface area contributed by atoms with Gasteiger partial charge in [0.1, 0.15) is 0 Å². The molecular weight excluding hydrogens is 304 g/mol. The van der Waals surface area contributed by atoms with E-state index < -0.39 is 6.10 Å². The minimum absolute atomic E-state index is 0.204. The van der Waals surface area contributed by atoms with Crippen molar-refractivity contribution in [3.63, 3.8) is 0 Å². The maximum Gasteiger partial charge on any atom is 0.319 e. The Hall–Kier alpha value is -1.14. The van der Waals surface area contributed by atoms with Gasteiger partial charge in [0.05, 0.1) is 19.8 Å². The average Bonchev–Trinajstić information content (AvgIpc) is 2.73. The second-order valence-electron chi connectivity index (χ2n) is 5.54. The Morgan fingerprint density at radius 3 is 2.68 bits per heavy atom. The fourth-order valence-electron chi connectivity index (χ4n) is 2.70. The number of nitrogens with zero attached hydrogens (tertiary/aromatic N) is 2. The molecule has 0 aliphatic carbocycles. The van der Waals surface area contributed by atoms with Crippen LogP contribution in [0.25, 0.3) is 0 Å². The summed E-state index contributed by atoms with van der Waals surface area (Å²) in [4.78, 5) is 15.6. The van der Waals surface area contributed by atoms with E-state index in [1.165, 1.54) is 7.11 Å². The summed E-state index contributed by atoms with van der Waals surface area (Å²) in [5.41, 5.74) is 0.764. The molecule has 1 heterocycles. The number of rotatable bonds is 5. The number of carbonyl (C=O) groups is 1. The van der Waals surface area contributed by atoms with Gasteiger partial charge >= 0.3 is 5.97 Å². The number of methoxy groups -OCH3 is 1. The van der Waals surface area contributed by atoms with Crippen molar-refractivity contribution in [1.29, 1.82) is 0 Å². The summed E-state index contributed by atoms with van der Waals surface area (Å²) < 4.78 is 4.71. The Morgan fingerprint density at radius 1 is 1.27 bits per heavy atom. The summed E-state index contributed by atoms with van der Waals surface area (Å²) in [6.07, 6.45) is 0.368. The second-order valence-corrected chi connectivity index (χ2v) is 5.95. The van der Waals surface area contributed by atoms with Gasteiger partial charge < -0.3 is 9.84 Å². The Bertz CT molecular complexity index is 498. The van der Waals surface area contributed by atoms with Crippen molar-refractivity contribution < 1.29 is 14.6 Å². The highest BCUT2D eigenvalue weighted by molar-refractivity contribution is 6.31. The number of aliphatic hydroxyl groups is 1. The molecule has 0 spiro atoms. The standard InChI is InChI=1S/C16H23ClN2O3/c1-22-16(21)12-19-8-4-7-18(9-10-19)11-15(20)13-5-2-3-6-14(13)17/h2-3,5-6,15,20H,4,7-12H2,1H3. The molecule has 1 aliphatic heterocycles. The van der Waals surface area contributed by atoms with Gasteiger partial charge in [-0.25, -0.2) is 0 Å². The molecule has 0 bridgehead atoms. The Kier molecular flexibility index (Phi) is 6.64. The Balaban J connectivity index is 1.86. The van der Waals surface area contributed by atoms with Gasteiger partial charge in [0.15, 0.2) is 0 Å². The molecule has 1 aromatic rings. The summed E-state index contributed by atoms with van der Waals surface area (Å²) in [6, 6.07) is 7.38. The molecule has 0 saturated carbocycles. The quantitative estimate of drug-likeness (QED) is 0.832. The van der Waals surface area contributed by atoms with Crippen LogP contribution in [-0.4, -0.2) is 67.3 Å². The number of carbonyl (C=O) groups excluding carboxylic acids is 1. The van der Waals surface area contributed by atoms with Crippen LogP contribution in [0, 0.1) is 0 Å². The third-order valence-corrected chi connectivity index (χ3v) is 4.30. The van der Waals surface area contributed by atoms with Crippen LogP contribution in [-0.2, 0) is 9.53 Å². The molecule has 1 fully saturated rings. The van der Waals surface area contributed by atoms with Gasteiger partial charge in [0.25, 0.3) is 0 Å². The lowest BCUT2D eigenvalue weighted by Gasteiger charge is -2.24. The first-order valence-corrected chi connectivity index (χ1v) is 7.92. The maximum atomic E-state index is 11.3. The van der Waals surface area contributed by atoms with Crippen molar-refractivity contribution >= 4 is 17.6 Å². The van der Waals surface area contributed by atoms with Gasteiger partial charge in [0, 0.05) is 36.8 Å². The Labute approximate surface area is 136 Å². The summed E-state index contributed by atoms with van der Waals surface area (Å²) >= 11 is 6.13. The third kappa shape index (κ3) is 4.95. The molecule has 2 rings (SSSR count). The average molecular weight is 327 g/mol. The van der Waals surface area contributed by atoms with Crippen molar-refractivity contribution in [2.75, 3.05) is 46.4 Å². The molecule has 0 amide bonds. The molecule has 1 saturated heterocycles. The molecule has 0 aromatic heterocycles. The van der Waals surface area contributed by atoms with Crippen LogP contribution < -0.4 is 0 Å². The number of halogens is 1. The predicted molar refractivity (Wildman–Crippen MR) is 85.9 cm³/mol. The van der Waals surface area contributed by atoms with Crippen LogP contribution in [0.3, 0.4) is 0 Å². The number of benzene rings is 1. The van der Waals surface area contributed by atoms with Crippen LogP contribution in [0.4, 0.5) is 0 Å². The molecule has 5 nitrogen and oxygen atoms in total. The van der Waals surface area contributed by atoms with E-state index in [0.717, 1.165) is 38.2 Å². The van der Waals surface area contributed by atoms with E-state index in [-0.39, 0.29) is 5.97 Å². The van der Waals surface area contributed by atoms with E-state index in [2.05, 4.69) is 9.80 Å². The van der Waals surface area contributed by atoms with Crippen molar-refractivity contribution in [2.24, 2.45) is 0 Å². The zero-order valence-corrected chi connectivity index (χ0v) is 13.6. The molecule has 1 aromatic carbocycles. The summed E-state index contributed by atoms with van der Waals surface area (Å²) in [5.74, 6) is -0.204. The highest BCUT2D eigenvalue weighted by Crippen LogP contribution is 2.23. The summed E-state index contributed by atoms with van der Waals surface area (Å²) in [7, 11) is 1.41.